The molecule has 4 nitrogen and oxygen atoms in total. The van der Waals surface area contributed by atoms with E-state index in [1.807, 2.05) is 0 Å². The summed E-state index contributed by atoms with van der Waals surface area (Å²) in [6, 6.07) is 9.71. The van der Waals surface area contributed by atoms with Gasteiger partial charge in [0.2, 0.25) is 0 Å². The highest BCUT2D eigenvalue weighted by molar-refractivity contribution is 6.33. The minimum Gasteiger partial charge on any atom is -0.478 e. The summed E-state index contributed by atoms with van der Waals surface area (Å²) in [6.07, 6.45) is 1.29. The van der Waals surface area contributed by atoms with E-state index >= 15 is 0 Å². The maximum absolute atomic E-state index is 10.8. The van der Waals surface area contributed by atoms with Crippen LogP contribution in [0.5, 0.6) is 0 Å². The van der Waals surface area contributed by atoms with Crippen molar-refractivity contribution in [3.8, 4) is 0 Å². The number of nitrogens with zero attached hydrogens (tertiary/aromatic N) is 1. The fourth-order valence-corrected chi connectivity index (χ4v) is 2.12. The van der Waals surface area contributed by atoms with E-state index in [1.165, 1.54) is 17.8 Å². The smallest absolute Gasteiger partial charge is 0.337 e. The number of pyridine rings is 1. The van der Waals surface area contributed by atoms with Gasteiger partial charge in [-0.25, -0.2) is 9.78 Å². The van der Waals surface area contributed by atoms with Crippen LogP contribution in [0.15, 0.2) is 36.5 Å². The molecule has 0 fully saturated rings. The second kappa shape index (κ2) is 6.59. The number of hydrogen-bond acceptors (Lipinski definition) is 3. The van der Waals surface area contributed by atoms with Gasteiger partial charge in [-0.15, -0.1) is 0 Å². The van der Waals surface area contributed by atoms with Gasteiger partial charge in [0, 0.05) is 12.7 Å². The van der Waals surface area contributed by atoms with Crippen molar-refractivity contribution >= 4 is 23.4 Å². The van der Waals surface area contributed by atoms with Crippen molar-refractivity contribution in [3.63, 3.8) is 0 Å². The Morgan fingerprint density at radius 3 is 2.52 bits per heavy atom. The van der Waals surface area contributed by atoms with E-state index in [-0.39, 0.29) is 5.56 Å². The molecule has 0 aliphatic carbocycles. The molecule has 0 amide bonds. The Labute approximate surface area is 128 Å². The van der Waals surface area contributed by atoms with Gasteiger partial charge < -0.3 is 10.4 Å². The average molecular weight is 305 g/mol. The molecule has 0 unspecified atom stereocenters. The number of carboxylic acid groups (broad SMARTS) is 1. The van der Waals surface area contributed by atoms with Crippen LogP contribution in [0.4, 0.5) is 5.82 Å². The van der Waals surface area contributed by atoms with Crippen LogP contribution in [0.1, 0.15) is 41.3 Å². The lowest BCUT2D eigenvalue weighted by Gasteiger charge is -2.10. The zero-order valence-electron chi connectivity index (χ0n) is 11.9. The van der Waals surface area contributed by atoms with Crippen LogP contribution in [0.2, 0.25) is 5.02 Å². The second-order valence-electron chi connectivity index (χ2n) is 5.11. The molecule has 0 radical (unpaired) electrons. The number of carbonyl (C=O) groups is 1. The fourth-order valence-electron chi connectivity index (χ4n) is 1.89. The maximum Gasteiger partial charge on any atom is 0.337 e. The first-order chi connectivity index (χ1) is 9.97. The third kappa shape index (κ3) is 3.95. The summed E-state index contributed by atoms with van der Waals surface area (Å²) in [5.41, 5.74) is 2.48. The minimum atomic E-state index is -1.04. The molecule has 110 valence electrons. The van der Waals surface area contributed by atoms with Crippen LogP contribution in [0, 0.1) is 0 Å². The topological polar surface area (TPSA) is 62.2 Å². The van der Waals surface area contributed by atoms with Gasteiger partial charge in [-0.2, -0.15) is 0 Å². The number of carboxylic acids is 1. The maximum atomic E-state index is 10.8. The molecule has 2 aromatic rings. The van der Waals surface area contributed by atoms with Crippen molar-refractivity contribution in [2.75, 3.05) is 5.32 Å². The fraction of sp³-hybridized carbons (Fsp3) is 0.250. The lowest BCUT2D eigenvalue weighted by Crippen LogP contribution is -2.04. The Balaban J connectivity index is 2.04. The summed E-state index contributed by atoms with van der Waals surface area (Å²) in [4.78, 5) is 14.8. The number of nitrogens with one attached hydrogen (secondary N) is 1. The molecule has 1 heterocycles. The Hall–Kier alpha value is -2.07. The van der Waals surface area contributed by atoms with Crippen molar-refractivity contribution in [3.05, 3.63) is 58.2 Å². The number of rotatable bonds is 5. The molecule has 0 saturated carbocycles. The van der Waals surface area contributed by atoms with Gasteiger partial charge in [-0.3, -0.25) is 0 Å². The number of halogens is 1. The van der Waals surface area contributed by atoms with Crippen molar-refractivity contribution in [1.29, 1.82) is 0 Å². The first kappa shape index (κ1) is 15.3. The third-order valence-electron chi connectivity index (χ3n) is 3.19. The van der Waals surface area contributed by atoms with Gasteiger partial charge in [-0.1, -0.05) is 49.7 Å². The standard InChI is InChI=1S/C16H17ClN2O2/c1-10(2)12-5-3-11(4-6-12)8-18-15-14(17)7-13(9-19-15)16(20)21/h3-7,9-10H,8H2,1-2H3,(H,18,19)(H,20,21). The summed E-state index contributed by atoms with van der Waals surface area (Å²) in [5, 5.41) is 12.3. The van der Waals surface area contributed by atoms with E-state index in [1.54, 1.807) is 0 Å². The molecule has 0 spiro atoms. The van der Waals surface area contributed by atoms with E-state index in [0.717, 1.165) is 5.56 Å². The van der Waals surface area contributed by atoms with Crippen molar-refractivity contribution in [2.45, 2.75) is 26.3 Å². The Bertz CT molecular complexity index is 639. The van der Waals surface area contributed by atoms with Crippen LogP contribution >= 0.6 is 11.6 Å². The van der Waals surface area contributed by atoms with E-state index in [4.69, 9.17) is 16.7 Å². The molecule has 0 aliphatic rings. The third-order valence-corrected chi connectivity index (χ3v) is 3.48. The van der Waals surface area contributed by atoms with Crippen LogP contribution < -0.4 is 5.32 Å². The Kier molecular flexibility index (Phi) is 4.81. The van der Waals surface area contributed by atoms with E-state index in [2.05, 4.69) is 48.4 Å². The first-order valence-electron chi connectivity index (χ1n) is 6.69. The molecular formula is C16H17ClN2O2. The van der Waals surface area contributed by atoms with Gasteiger partial charge in [0.05, 0.1) is 10.6 Å². The normalized spacial score (nSPS) is 10.7. The van der Waals surface area contributed by atoms with Crippen LogP contribution in [0.3, 0.4) is 0 Å². The molecule has 0 bridgehead atoms. The van der Waals surface area contributed by atoms with Crippen molar-refractivity contribution in [2.24, 2.45) is 0 Å². The molecule has 0 aliphatic heterocycles. The highest BCUT2D eigenvalue weighted by atomic mass is 35.5. The van der Waals surface area contributed by atoms with Crippen LogP contribution in [-0.2, 0) is 6.54 Å². The summed E-state index contributed by atoms with van der Waals surface area (Å²) < 4.78 is 0. The lowest BCUT2D eigenvalue weighted by molar-refractivity contribution is 0.0696. The molecule has 0 saturated heterocycles. The number of hydrogen-bond donors (Lipinski definition) is 2. The SMILES string of the molecule is CC(C)c1ccc(CNc2ncc(C(=O)O)cc2Cl)cc1. The lowest BCUT2D eigenvalue weighted by atomic mass is 10.0. The van der Waals surface area contributed by atoms with Gasteiger partial charge in [-0.05, 0) is 23.1 Å². The highest BCUT2D eigenvalue weighted by Crippen LogP contribution is 2.21. The van der Waals surface area contributed by atoms with E-state index in [0.29, 0.717) is 23.3 Å². The molecule has 5 heteroatoms. The molecular weight excluding hydrogens is 288 g/mol. The predicted molar refractivity (Wildman–Crippen MR) is 84.1 cm³/mol. The predicted octanol–water partition coefficient (Wildman–Crippen LogP) is 4.17. The number of benzene rings is 1. The molecule has 2 N–H and O–H groups in total. The molecule has 1 aromatic heterocycles. The van der Waals surface area contributed by atoms with Gasteiger partial charge in [0.1, 0.15) is 5.82 Å². The minimum absolute atomic E-state index is 0.0758. The quantitative estimate of drug-likeness (QED) is 0.870. The van der Waals surface area contributed by atoms with Crippen molar-refractivity contribution in [1.82, 2.24) is 4.98 Å². The highest BCUT2D eigenvalue weighted by Gasteiger charge is 2.08. The zero-order chi connectivity index (χ0) is 15.4. The molecule has 2 rings (SSSR count). The summed E-state index contributed by atoms with van der Waals surface area (Å²) in [6.45, 7) is 4.89. The Morgan fingerprint density at radius 2 is 2.00 bits per heavy atom. The second-order valence-corrected chi connectivity index (χ2v) is 5.52. The Morgan fingerprint density at radius 1 is 1.33 bits per heavy atom. The van der Waals surface area contributed by atoms with Gasteiger partial charge in [0.25, 0.3) is 0 Å². The van der Waals surface area contributed by atoms with Gasteiger partial charge in [0.15, 0.2) is 0 Å². The average Bonchev–Trinajstić information content (AvgIpc) is 2.46. The van der Waals surface area contributed by atoms with Gasteiger partial charge >= 0.3 is 5.97 Å². The number of anilines is 1. The van der Waals surface area contributed by atoms with E-state index < -0.39 is 5.97 Å². The summed E-state index contributed by atoms with van der Waals surface area (Å²) >= 11 is 6.02. The van der Waals surface area contributed by atoms with Crippen LogP contribution in [-0.4, -0.2) is 16.1 Å². The number of aromatic nitrogens is 1. The van der Waals surface area contributed by atoms with E-state index in [9.17, 15) is 4.79 Å². The molecule has 1 aromatic carbocycles. The van der Waals surface area contributed by atoms with Crippen LogP contribution in [0.25, 0.3) is 0 Å². The first-order valence-corrected chi connectivity index (χ1v) is 7.06. The molecule has 0 atom stereocenters. The largest absolute Gasteiger partial charge is 0.478 e. The van der Waals surface area contributed by atoms with Crippen molar-refractivity contribution < 1.29 is 9.90 Å². The zero-order valence-corrected chi connectivity index (χ0v) is 12.7. The molecule has 21 heavy (non-hydrogen) atoms. The summed E-state index contributed by atoms with van der Waals surface area (Å²) in [5.74, 6) is -0.0542. The monoisotopic (exact) mass is 304 g/mol. The number of aromatic carboxylic acids is 1. The summed E-state index contributed by atoms with van der Waals surface area (Å²) in [7, 11) is 0.